The molecule has 0 nitrogen and oxygen atoms in total. The van der Waals surface area contributed by atoms with Crippen LogP contribution in [0.25, 0.3) is 0 Å². The van der Waals surface area contributed by atoms with Crippen LogP contribution in [0.4, 0.5) is 0 Å². The van der Waals surface area contributed by atoms with Crippen molar-refractivity contribution in [2.75, 3.05) is 0 Å². The average molecular weight is 198 g/mol. The Bertz CT molecular complexity index is 92.6. The van der Waals surface area contributed by atoms with Crippen LogP contribution in [0, 0.1) is 11.8 Å². The maximum Gasteiger partial charge on any atom is -0.0417 e. The van der Waals surface area contributed by atoms with Crippen LogP contribution < -0.4 is 0 Å². The highest BCUT2D eigenvalue weighted by molar-refractivity contribution is 4.62. The molecule has 0 heterocycles. The number of rotatable bonds is 9. The summed E-state index contributed by atoms with van der Waals surface area (Å²) in [5, 5.41) is 0. The zero-order valence-corrected chi connectivity index (χ0v) is 10.8. The highest BCUT2D eigenvalue weighted by Gasteiger charge is 2.10. The lowest BCUT2D eigenvalue weighted by Gasteiger charge is -2.19. The summed E-state index contributed by atoms with van der Waals surface area (Å²) in [7, 11) is 0. The van der Waals surface area contributed by atoms with Gasteiger partial charge >= 0.3 is 0 Å². The lowest BCUT2D eigenvalue weighted by atomic mass is 9.87. The second-order valence-electron chi connectivity index (χ2n) is 4.95. The molecule has 0 aromatic heterocycles. The van der Waals surface area contributed by atoms with Gasteiger partial charge in [0, 0.05) is 0 Å². The van der Waals surface area contributed by atoms with E-state index >= 15 is 0 Å². The lowest BCUT2D eigenvalue weighted by molar-refractivity contribution is 0.324. The maximum atomic E-state index is 2.44. The first-order valence-electron chi connectivity index (χ1n) is 6.72. The van der Waals surface area contributed by atoms with Crippen molar-refractivity contribution < 1.29 is 0 Å². The summed E-state index contributed by atoms with van der Waals surface area (Å²) in [6.07, 6.45) is 11.3. The molecule has 14 heavy (non-hydrogen) atoms. The van der Waals surface area contributed by atoms with Gasteiger partial charge in [-0.05, 0) is 11.8 Å². The van der Waals surface area contributed by atoms with Gasteiger partial charge in [0.25, 0.3) is 0 Å². The summed E-state index contributed by atoms with van der Waals surface area (Å²) in [6, 6.07) is 0. The molecule has 0 aromatic rings. The van der Waals surface area contributed by atoms with Crippen molar-refractivity contribution in [3.63, 3.8) is 0 Å². The summed E-state index contributed by atoms with van der Waals surface area (Å²) >= 11 is 0. The molecule has 0 aromatic carbocycles. The third-order valence-electron chi connectivity index (χ3n) is 3.50. The van der Waals surface area contributed by atoms with Crippen molar-refractivity contribution in [1.29, 1.82) is 0 Å². The highest BCUT2D eigenvalue weighted by atomic mass is 14.2. The quantitative estimate of drug-likeness (QED) is 0.434. The van der Waals surface area contributed by atoms with Gasteiger partial charge in [0.05, 0.1) is 0 Å². The molecule has 0 spiro atoms. The van der Waals surface area contributed by atoms with E-state index in [0.29, 0.717) is 0 Å². The average Bonchev–Trinajstić information content (AvgIpc) is 2.18. The highest BCUT2D eigenvalue weighted by Crippen LogP contribution is 2.23. The Morgan fingerprint density at radius 2 is 1.00 bits per heavy atom. The van der Waals surface area contributed by atoms with E-state index in [1.54, 1.807) is 0 Å². The molecule has 0 radical (unpaired) electrons. The predicted molar refractivity (Wildman–Crippen MR) is 66.6 cm³/mol. The molecule has 2 unspecified atom stereocenters. The monoisotopic (exact) mass is 198 g/mol. The van der Waals surface area contributed by atoms with Crippen molar-refractivity contribution >= 4 is 0 Å². The topological polar surface area (TPSA) is 0 Å². The van der Waals surface area contributed by atoms with Gasteiger partial charge in [0.15, 0.2) is 0 Å². The summed E-state index contributed by atoms with van der Waals surface area (Å²) in [5.74, 6) is 1.89. The first-order chi connectivity index (χ1) is 6.72. The molecule has 2 atom stereocenters. The molecule has 0 rings (SSSR count). The minimum absolute atomic E-state index is 0.943. The minimum atomic E-state index is 0.943. The third-order valence-corrected chi connectivity index (χ3v) is 3.50. The van der Waals surface area contributed by atoms with Gasteiger partial charge in [-0.15, -0.1) is 0 Å². The van der Waals surface area contributed by atoms with Crippen LogP contribution in [0.1, 0.15) is 79.1 Å². The standard InChI is InChI=1S/C14H30/c1-5-7-9-11-13(3)14(4)12-10-8-6-2/h13-14H,5-12H2,1-4H3. The number of hydrogen-bond donors (Lipinski definition) is 0. The molecule has 0 aliphatic heterocycles. The van der Waals surface area contributed by atoms with Gasteiger partial charge < -0.3 is 0 Å². The molecule has 0 amide bonds. The molecule has 0 saturated carbocycles. The molecule has 0 fully saturated rings. The second kappa shape index (κ2) is 9.55. The van der Waals surface area contributed by atoms with Gasteiger partial charge in [-0.2, -0.15) is 0 Å². The second-order valence-corrected chi connectivity index (χ2v) is 4.95. The first kappa shape index (κ1) is 14.0. The molecular formula is C14H30. The molecule has 86 valence electrons. The lowest BCUT2D eigenvalue weighted by Crippen LogP contribution is -2.07. The summed E-state index contributed by atoms with van der Waals surface area (Å²) in [5.41, 5.74) is 0. The van der Waals surface area contributed by atoms with Crippen LogP contribution in [0.5, 0.6) is 0 Å². The van der Waals surface area contributed by atoms with Gasteiger partial charge in [0.1, 0.15) is 0 Å². The largest absolute Gasteiger partial charge is 0.0654 e. The van der Waals surface area contributed by atoms with Gasteiger partial charge in [-0.25, -0.2) is 0 Å². The van der Waals surface area contributed by atoms with E-state index in [4.69, 9.17) is 0 Å². The van der Waals surface area contributed by atoms with Crippen molar-refractivity contribution in [2.24, 2.45) is 11.8 Å². The minimum Gasteiger partial charge on any atom is -0.0654 e. The zero-order chi connectivity index (χ0) is 10.8. The Morgan fingerprint density at radius 1 is 0.643 bits per heavy atom. The molecule has 0 N–H and O–H groups in total. The molecule has 0 heteroatoms. The third kappa shape index (κ3) is 7.41. The van der Waals surface area contributed by atoms with E-state index in [1.807, 2.05) is 0 Å². The van der Waals surface area contributed by atoms with Gasteiger partial charge in [0.2, 0.25) is 0 Å². The number of hydrogen-bond acceptors (Lipinski definition) is 0. The summed E-state index contributed by atoms with van der Waals surface area (Å²) in [6.45, 7) is 9.45. The van der Waals surface area contributed by atoms with Gasteiger partial charge in [-0.3, -0.25) is 0 Å². The maximum absolute atomic E-state index is 2.44. The van der Waals surface area contributed by atoms with Crippen molar-refractivity contribution in [3.05, 3.63) is 0 Å². The van der Waals surface area contributed by atoms with Crippen LogP contribution in [0.15, 0.2) is 0 Å². The smallest absolute Gasteiger partial charge is 0.0417 e. The van der Waals surface area contributed by atoms with E-state index < -0.39 is 0 Å². The van der Waals surface area contributed by atoms with E-state index in [0.717, 1.165) is 11.8 Å². The van der Waals surface area contributed by atoms with Crippen LogP contribution >= 0.6 is 0 Å². The number of unbranched alkanes of at least 4 members (excludes halogenated alkanes) is 4. The normalized spacial score (nSPS) is 15.4. The van der Waals surface area contributed by atoms with E-state index in [1.165, 1.54) is 51.4 Å². The summed E-state index contributed by atoms with van der Waals surface area (Å²) < 4.78 is 0. The van der Waals surface area contributed by atoms with Crippen molar-refractivity contribution in [1.82, 2.24) is 0 Å². The fourth-order valence-corrected chi connectivity index (χ4v) is 2.00. The van der Waals surface area contributed by atoms with Crippen molar-refractivity contribution in [3.8, 4) is 0 Å². The SMILES string of the molecule is CCCCCC(C)C(C)CCCCC. The fourth-order valence-electron chi connectivity index (χ4n) is 2.00. The van der Waals surface area contributed by atoms with E-state index in [2.05, 4.69) is 27.7 Å². The Kier molecular flexibility index (Phi) is 9.55. The Labute approximate surface area is 91.5 Å². The summed E-state index contributed by atoms with van der Waals surface area (Å²) in [4.78, 5) is 0. The fraction of sp³-hybridized carbons (Fsp3) is 1.00. The van der Waals surface area contributed by atoms with Crippen LogP contribution in [-0.2, 0) is 0 Å². The Balaban J connectivity index is 3.39. The predicted octanol–water partition coefficient (Wildman–Crippen LogP) is 5.42. The van der Waals surface area contributed by atoms with Crippen molar-refractivity contribution in [2.45, 2.75) is 79.1 Å². The van der Waals surface area contributed by atoms with E-state index in [9.17, 15) is 0 Å². The Morgan fingerprint density at radius 3 is 1.29 bits per heavy atom. The van der Waals surface area contributed by atoms with Crippen LogP contribution in [0.3, 0.4) is 0 Å². The van der Waals surface area contributed by atoms with Crippen LogP contribution in [0.2, 0.25) is 0 Å². The molecule has 0 saturated heterocycles. The molecular weight excluding hydrogens is 168 g/mol. The van der Waals surface area contributed by atoms with Crippen LogP contribution in [-0.4, -0.2) is 0 Å². The van der Waals surface area contributed by atoms with E-state index in [-0.39, 0.29) is 0 Å². The molecule has 0 aliphatic carbocycles. The van der Waals surface area contributed by atoms with Gasteiger partial charge in [-0.1, -0.05) is 79.1 Å². The Hall–Kier alpha value is 0. The molecule has 0 bridgehead atoms. The zero-order valence-electron chi connectivity index (χ0n) is 10.8. The molecule has 0 aliphatic rings. The first-order valence-corrected chi connectivity index (χ1v) is 6.72.